The minimum atomic E-state index is -0.930. The monoisotopic (exact) mass is 493 g/mol. The Morgan fingerprint density at radius 1 is 1.15 bits per heavy atom. The number of non-ortho nitro benzene ring substituents is 1. The van der Waals surface area contributed by atoms with Gasteiger partial charge in [0.1, 0.15) is 5.76 Å². The van der Waals surface area contributed by atoms with Crippen LogP contribution in [0.4, 0.5) is 5.69 Å². The van der Waals surface area contributed by atoms with Gasteiger partial charge in [0.15, 0.2) is 0 Å². The number of nitro benzene ring substituents is 1. The van der Waals surface area contributed by atoms with Crippen LogP contribution in [0, 0.1) is 10.1 Å². The number of nitro groups is 1. The summed E-state index contributed by atoms with van der Waals surface area (Å²) in [5.74, 6) is -1.89. The van der Waals surface area contributed by atoms with Crippen molar-refractivity contribution in [3.8, 4) is 0 Å². The molecule has 2 aromatic carbocycles. The van der Waals surface area contributed by atoms with Gasteiger partial charge in [0.2, 0.25) is 0 Å². The summed E-state index contributed by atoms with van der Waals surface area (Å²) in [4.78, 5) is 39.4. The Morgan fingerprint density at radius 3 is 2.36 bits per heavy atom. The number of aliphatic hydroxyl groups is 1. The fourth-order valence-electron chi connectivity index (χ4n) is 3.91. The number of carbonyl (C=O) groups excluding carboxylic acids is 2. The number of ketones is 1. The Morgan fingerprint density at radius 2 is 1.79 bits per heavy atom. The van der Waals surface area contributed by atoms with Gasteiger partial charge >= 0.3 is 0 Å². The van der Waals surface area contributed by atoms with E-state index in [1.807, 2.05) is 13.8 Å². The normalized spacial score (nSPS) is 17.3. The van der Waals surface area contributed by atoms with Gasteiger partial charge < -0.3 is 27.3 Å². The van der Waals surface area contributed by atoms with E-state index in [2.05, 4.69) is 0 Å². The number of benzene rings is 2. The predicted molar refractivity (Wildman–Crippen MR) is 120 cm³/mol. The van der Waals surface area contributed by atoms with Gasteiger partial charge in [-0.1, -0.05) is 23.7 Å². The van der Waals surface area contributed by atoms with E-state index in [1.165, 1.54) is 28.0 Å². The molecule has 8 nitrogen and oxygen atoms in total. The molecule has 33 heavy (non-hydrogen) atoms. The highest BCUT2D eigenvalue weighted by molar-refractivity contribution is 6.46. The van der Waals surface area contributed by atoms with E-state index in [-0.39, 0.29) is 36.0 Å². The first-order valence-electron chi connectivity index (χ1n) is 10.4. The van der Waals surface area contributed by atoms with Crippen molar-refractivity contribution < 1.29 is 36.9 Å². The zero-order valence-corrected chi connectivity index (χ0v) is 19.8. The average Bonchev–Trinajstić information content (AvgIpc) is 3.04. The molecule has 0 aliphatic carbocycles. The molecule has 10 heteroatoms. The number of quaternary nitrogens is 1. The first kappa shape index (κ1) is 26.3. The van der Waals surface area contributed by atoms with Crippen LogP contribution in [-0.2, 0) is 9.59 Å². The molecule has 0 bridgehead atoms. The molecule has 176 valence electrons. The number of carbonyl (C=O) groups is 2. The second-order valence-corrected chi connectivity index (χ2v) is 8.00. The molecule has 3 rings (SSSR count). The Bertz CT molecular complexity index is 1070. The van der Waals surface area contributed by atoms with Crippen LogP contribution in [0.2, 0.25) is 5.02 Å². The topological polar surface area (TPSA) is 105 Å². The highest BCUT2D eigenvalue weighted by Gasteiger charge is 2.46. The number of aliphatic hydroxyl groups excluding tert-OH is 1. The van der Waals surface area contributed by atoms with Crippen LogP contribution in [0.5, 0.6) is 0 Å². The summed E-state index contributed by atoms with van der Waals surface area (Å²) in [6.07, 6.45) is 0. The van der Waals surface area contributed by atoms with Crippen LogP contribution in [0.15, 0.2) is 54.1 Å². The van der Waals surface area contributed by atoms with E-state index in [0.29, 0.717) is 22.7 Å². The van der Waals surface area contributed by atoms with Gasteiger partial charge in [-0.05, 0) is 43.7 Å². The maximum atomic E-state index is 13.0. The smallest absolute Gasteiger partial charge is 0.295 e. The number of likely N-dealkylation sites (N-methyl/N-ethyl adjacent to an activating group) is 1. The van der Waals surface area contributed by atoms with Crippen molar-refractivity contribution in [3.63, 3.8) is 0 Å². The van der Waals surface area contributed by atoms with E-state index >= 15 is 0 Å². The molecule has 0 spiro atoms. The molecule has 1 atom stereocenters. The van der Waals surface area contributed by atoms with Crippen molar-refractivity contribution in [2.45, 2.75) is 19.9 Å². The molecule has 2 aromatic rings. The standard InChI is InChI=1S/C23H24ClN3O5.ClH/c1-3-25(4-2)12-13-26-20(16-6-5-7-18(14-16)27(31)32)19(22(29)23(26)30)21(28)15-8-10-17(24)11-9-15;/h5-11,14,20,28H,3-4,12-13H2,1-2H3;1H/b21-19+;. The van der Waals surface area contributed by atoms with Gasteiger partial charge in [-0.25, -0.2) is 0 Å². The van der Waals surface area contributed by atoms with Crippen LogP contribution in [0.25, 0.3) is 5.76 Å². The Kier molecular flexibility index (Phi) is 8.99. The lowest BCUT2D eigenvalue weighted by atomic mass is 9.95. The van der Waals surface area contributed by atoms with Gasteiger partial charge in [0.25, 0.3) is 17.4 Å². The summed E-state index contributed by atoms with van der Waals surface area (Å²) >= 11 is 5.93. The van der Waals surface area contributed by atoms with E-state index in [1.54, 1.807) is 30.3 Å². The first-order chi connectivity index (χ1) is 15.3. The molecule has 0 saturated carbocycles. The number of likely N-dealkylation sites (tertiary alicyclic amines) is 1. The summed E-state index contributed by atoms with van der Waals surface area (Å²) < 4.78 is 0. The molecule has 0 radical (unpaired) electrons. The van der Waals surface area contributed by atoms with Crippen molar-refractivity contribution in [2.75, 3.05) is 26.2 Å². The van der Waals surface area contributed by atoms with Crippen molar-refractivity contribution in [1.29, 1.82) is 0 Å². The minimum absolute atomic E-state index is 0. The van der Waals surface area contributed by atoms with Gasteiger partial charge in [-0.3, -0.25) is 19.7 Å². The second-order valence-electron chi connectivity index (χ2n) is 7.56. The SMILES string of the molecule is CC[NH+](CC)CCN1C(=O)C(=O)/C(=C(/O)c2ccc(Cl)cc2)C1c1cccc([N+](=O)[O-])c1.[Cl-]. The fourth-order valence-corrected chi connectivity index (χ4v) is 4.04. The fraction of sp³-hybridized carbons (Fsp3) is 0.304. The number of hydrogen-bond donors (Lipinski definition) is 2. The molecule has 2 N–H and O–H groups in total. The van der Waals surface area contributed by atoms with Gasteiger partial charge in [-0.2, -0.15) is 0 Å². The lowest BCUT2D eigenvalue weighted by molar-refractivity contribution is -0.895. The summed E-state index contributed by atoms with van der Waals surface area (Å²) in [7, 11) is 0. The predicted octanol–water partition coefficient (Wildman–Crippen LogP) is -0.401. The second kappa shape index (κ2) is 11.3. The minimum Gasteiger partial charge on any atom is -1.00 e. The molecule has 1 unspecified atom stereocenters. The Labute approximate surface area is 203 Å². The van der Waals surface area contributed by atoms with Crippen molar-refractivity contribution in [1.82, 2.24) is 4.90 Å². The molecule has 1 aliphatic rings. The zero-order chi connectivity index (χ0) is 23.4. The third-order valence-corrected chi connectivity index (χ3v) is 6.01. The van der Waals surface area contributed by atoms with Crippen LogP contribution < -0.4 is 17.3 Å². The van der Waals surface area contributed by atoms with Crippen LogP contribution >= 0.6 is 11.6 Å². The quantitative estimate of drug-likeness (QED) is 0.171. The van der Waals surface area contributed by atoms with Crippen LogP contribution in [0.3, 0.4) is 0 Å². The molecule has 1 heterocycles. The number of hydrogen-bond acceptors (Lipinski definition) is 5. The molecule has 0 aromatic heterocycles. The maximum Gasteiger partial charge on any atom is 0.295 e. The maximum absolute atomic E-state index is 13.0. The molecule has 1 saturated heterocycles. The van der Waals surface area contributed by atoms with E-state index in [0.717, 1.165) is 13.1 Å². The van der Waals surface area contributed by atoms with E-state index in [9.17, 15) is 24.8 Å². The Hall–Kier alpha value is -2.94. The number of amides is 1. The molecule has 1 fully saturated rings. The van der Waals surface area contributed by atoms with Crippen LogP contribution in [0.1, 0.15) is 31.0 Å². The third-order valence-electron chi connectivity index (χ3n) is 5.76. The van der Waals surface area contributed by atoms with Gasteiger partial charge in [0, 0.05) is 22.7 Å². The number of rotatable bonds is 8. The summed E-state index contributed by atoms with van der Waals surface area (Å²) in [6, 6.07) is 11.1. The molecule has 1 aliphatic heterocycles. The Balaban J connectivity index is 0.00000385. The van der Waals surface area contributed by atoms with Crippen molar-refractivity contribution in [3.05, 3.63) is 80.4 Å². The lowest BCUT2D eigenvalue weighted by Gasteiger charge is -2.26. The van der Waals surface area contributed by atoms with Gasteiger partial charge in [0.05, 0.1) is 42.7 Å². The number of nitrogens with one attached hydrogen (secondary N) is 1. The highest BCUT2D eigenvalue weighted by atomic mass is 35.5. The van der Waals surface area contributed by atoms with Gasteiger partial charge in [-0.15, -0.1) is 0 Å². The molecule has 1 amide bonds. The molecular weight excluding hydrogens is 469 g/mol. The number of Topliss-reactive ketones (excluding diaryl/α,β-unsaturated/α-hetero) is 1. The first-order valence-corrected chi connectivity index (χ1v) is 10.8. The van der Waals surface area contributed by atoms with E-state index in [4.69, 9.17) is 11.6 Å². The van der Waals surface area contributed by atoms with Crippen molar-refractivity contribution >= 4 is 34.7 Å². The third kappa shape index (κ3) is 5.52. The summed E-state index contributed by atoms with van der Waals surface area (Å²) in [5.41, 5.74) is 0.474. The van der Waals surface area contributed by atoms with Crippen molar-refractivity contribution in [2.24, 2.45) is 0 Å². The number of nitrogens with zero attached hydrogens (tertiary/aromatic N) is 2. The lowest BCUT2D eigenvalue weighted by Crippen LogP contribution is -3.12. The van der Waals surface area contributed by atoms with E-state index < -0.39 is 22.7 Å². The summed E-state index contributed by atoms with van der Waals surface area (Å²) in [5, 5.41) is 22.8. The van der Waals surface area contributed by atoms with Crippen LogP contribution in [-0.4, -0.2) is 52.8 Å². The highest BCUT2D eigenvalue weighted by Crippen LogP contribution is 2.40. The largest absolute Gasteiger partial charge is 1.00 e. The zero-order valence-electron chi connectivity index (χ0n) is 18.3. The number of halogens is 2. The summed E-state index contributed by atoms with van der Waals surface area (Å²) in [6.45, 7) is 6.65. The molecular formula is C23H25Cl2N3O5. The average molecular weight is 494 g/mol.